The van der Waals surface area contributed by atoms with Crippen molar-refractivity contribution in [2.24, 2.45) is 0 Å². The molecule has 18 heavy (non-hydrogen) atoms. The Balaban J connectivity index is 1.66. The maximum absolute atomic E-state index is 9.31. The minimum Gasteiger partial charge on any atom is -0.506 e. The first-order chi connectivity index (χ1) is 8.75. The minimum absolute atomic E-state index is 0.133. The largest absolute Gasteiger partial charge is 0.506 e. The molecule has 100 valence electrons. The first-order valence-corrected chi connectivity index (χ1v) is 6.62. The molecule has 0 aromatic heterocycles. The number of rotatable bonds is 5. The molecule has 0 saturated carbocycles. The van der Waals surface area contributed by atoms with Crippen molar-refractivity contribution in [2.75, 3.05) is 39.4 Å². The van der Waals surface area contributed by atoms with Crippen molar-refractivity contribution >= 4 is 11.6 Å². The lowest BCUT2D eigenvalue weighted by Crippen LogP contribution is -2.40. The van der Waals surface area contributed by atoms with Gasteiger partial charge in [-0.1, -0.05) is 17.7 Å². The van der Waals surface area contributed by atoms with E-state index in [1.165, 1.54) is 0 Å². The Hall–Kier alpha value is -0.810. The third-order valence-corrected chi connectivity index (χ3v) is 3.35. The van der Waals surface area contributed by atoms with Gasteiger partial charge in [-0.05, 0) is 17.7 Å². The molecule has 1 aromatic carbocycles. The van der Waals surface area contributed by atoms with Gasteiger partial charge in [-0.25, -0.2) is 0 Å². The third kappa shape index (κ3) is 4.14. The second-order valence-electron chi connectivity index (χ2n) is 4.42. The molecule has 0 spiro atoms. The Morgan fingerprint density at radius 1 is 1.33 bits per heavy atom. The maximum Gasteiger partial charge on any atom is 0.134 e. The lowest BCUT2D eigenvalue weighted by atomic mass is 10.2. The molecule has 0 bridgehead atoms. The molecule has 1 aromatic rings. The molecule has 1 fully saturated rings. The van der Waals surface area contributed by atoms with Crippen LogP contribution in [0.4, 0.5) is 0 Å². The Kier molecular flexibility index (Phi) is 5.26. The monoisotopic (exact) mass is 270 g/mol. The van der Waals surface area contributed by atoms with Crippen molar-refractivity contribution in [3.8, 4) is 5.75 Å². The van der Waals surface area contributed by atoms with Crippen LogP contribution in [0.25, 0.3) is 0 Å². The van der Waals surface area contributed by atoms with Gasteiger partial charge in [0.05, 0.1) is 18.2 Å². The van der Waals surface area contributed by atoms with Crippen LogP contribution in [-0.2, 0) is 11.3 Å². The number of halogens is 1. The molecule has 0 aliphatic carbocycles. The Labute approximate surface area is 113 Å². The fourth-order valence-corrected chi connectivity index (χ4v) is 2.16. The average molecular weight is 271 g/mol. The predicted molar refractivity (Wildman–Crippen MR) is 72.1 cm³/mol. The lowest BCUT2D eigenvalue weighted by Gasteiger charge is -2.26. The molecular formula is C13H19ClN2O2. The van der Waals surface area contributed by atoms with Crippen LogP contribution in [0, 0.1) is 0 Å². The van der Waals surface area contributed by atoms with Crippen LogP contribution >= 0.6 is 11.6 Å². The van der Waals surface area contributed by atoms with Crippen molar-refractivity contribution in [2.45, 2.75) is 6.54 Å². The Morgan fingerprint density at radius 3 is 2.83 bits per heavy atom. The van der Waals surface area contributed by atoms with Gasteiger partial charge in [-0.15, -0.1) is 0 Å². The van der Waals surface area contributed by atoms with Crippen LogP contribution in [0.2, 0.25) is 5.02 Å². The molecule has 0 atom stereocenters. The summed E-state index contributed by atoms with van der Waals surface area (Å²) in [5.41, 5.74) is 1.08. The number of ether oxygens (including phenoxy) is 1. The topological polar surface area (TPSA) is 44.7 Å². The first-order valence-electron chi connectivity index (χ1n) is 6.24. The van der Waals surface area contributed by atoms with Crippen LogP contribution in [0.3, 0.4) is 0 Å². The number of hydrogen-bond donors (Lipinski definition) is 2. The van der Waals surface area contributed by atoms with Crippen LogP contribution in [0.1, 0.15) is 5.56 Å². The highest BCUT2D eigenvalue weighted by atomic mass is 35.5. The number of morpholine rings is 1. The molecule has 1 aliphatic heterocycles. The van der Waals surface area contributed by atoms with E-state index in [1.807, 2.05) is 6.07 Å². The highest BCUT2D eigenvalue weighted by Gasteiger charge is 2.08. The summed E-state index contributed by atoms with van der Waals surface area (Å²) in [5, 5.41) is 13.1. The van der Waals surface area contributed by atoms with E-state index >= 15 is 0 Å². The van der Waals surface area contributed by atoms with E-state index < -0.39 is 0 Å². The molecule has 4 nitrogen and oxygen atoms in total. The van der Waals surface area contributed by atoms with Crippen LogP contribution < -0.4 is 5.32 Å². The molecule has 0 unspecified atom stereocenters. The van der Waals surface area contributed by atoms with E-state index in [0.717, 1.165) is 51.5 Å². The number of benzene rings is 1. The predicted octanol–water partition coefficient (Wildman–Crippen LogP) is 1.47. The second-order valence-corrected chi connectivity index (χ2v) is 4.82. The quantitative estimate of drug-likeness (QED) is 0.796. The van der Waals surface area contributed by atoms with Gasteiger partial charge in [-0.3, -0.25) is 4.90 Å². The number of nitrogens with one attached hydrogen (secondary N) is 1. The summed E-state index contributed by atoms with van der Waals surface area (Å²) in [4.78, 5) is 2.39. The fourth-order valence-electron chi connectivity index (χ4n) is 1.96. The summed E-state index contributed by atoms with van der Waals surface area (Å²) >= 11 is 5.85. The van der Waals surface area contributed by atoms with Crippen molar-refractivity contribution < 1.29 is 9.84 Å². The average Bonchev–Trinajstić information content (AvgIpc) is 2.40. The van der Waals surface area contributed by atoms with Crippen LogP contribution in [0.5, 0.6) is 5.75 Å². The van der Waals surface area contributed by atoms with Crippen molar-refractivity contribution in [1.82, 2.24) is 10.2 Å². The molecule has 0 amide bonds. The summed E-state index contributed by atoms with van der Waals surface area (Å²) in [6, 6.07) is 5.29. The van der Waals surface area contributed by atoms with Gasteiger partial charge < -0.3 is 15.2 Å². The van der Waals surface area contributed by atoms with Crippen molar-refractivity contribution in [3.05, 3.63) is 28.8 Å². The SMILES string of the molecule is Oc1ccc(CNCCN2CCOCC2)cc1Cl. The molecular weight excluding hydrogens is 252 g/mol. The molecule has 1 heterocycles. The van der Waals surface area contributed by atoms with Crippen molar-refractivity contribution in [3.63, 3.8) is 0 Å². The summed E-state index contributed by atoms with van der Waals surface area (Å²) < 4.78 is 5.30. The number of phenols is 1. The summed E-state index contributed by atoms with van der Waals surface area (Å²) in [6.07, 6.45) is 0. The third-order valence-electron chi connectivity index (χ3n) is 3.05. The minimum atomic E-state index is 0.133. The maximum atomic E-state index is 9.31. The van der Waals surface area contributed by atoms with E-state index in [1.54, 1.807) is 12.1 Å². The van der Waals surface area contributed by atoms with Crippen molar-refractivity contribution in [1.29, 1.82) is 0 Å². The van der Waals surface area contributed by atoms with Gasteiger partial charge in [0.15, 0.2) is 0 Å². The zero-order chi connectivity index (χ0) is 12.8. The highest BCUT2D eigenvalue weighted by Crippen LogP contribution is 2.23. The van der Waals surface area contributed by atoms with Crippen LogP contribution in [-0.4, -0.2) is 49.4 Å². The summed E-state index contributed by atoms with van der Waals surface area (Å²) in [6.45, 7) is 6.47. The Bertz CT molecular complexity index is 381. The number of hydrogen-bond acceptors (Lipinski definition) is 4. The smallest absolute Gasteiger partial charge is 0.134 e. The van der Waals surface area contributed by atoms with Gasteiger partial charge in [0.1, 0.15) is 5.75 Å². The van der Waals surface area contributed by atoms with E-state index in [-0.39, 0.29) is 5.75 Å². The molecule has 5 heteroatoms. The highest BCUT2D eigenvalue weighted by molar-refractivity contribution is 6.32. The molecule has 1 saturated heterocycles. The number of phenolic OH excluding ortho intramolecular Hbond substituents is 1. The lowest BCUT2D eigenvalue weighted by molar-refractivity contribution is 0.0384. The van der Waals surface area contributed by atoms with Crippen LogP contribution in [0.15, 0.2) is 18.2 Å². The zero-order valence-electron chi connectivity index (χ0n) is 10.4. The molecule has 1 aliphatic rings. The second kappa shape index (κ2) is 6.95. The van der Waals surface area contributed by atoms with E-state index in [2.05, 4.69) is 10.2 Å². The Morgan fingerprint density at radius 2 is 2.11 bits per heavy atom. The summed E-state index contributed by atoms with van der Waals surface area (Å²) in [5.74, 6) is 0.133. The fraction of sp³-hybridized carbons (Fsp3) is 0.538. The number of nitrogens with zero attached hydrogens (tertiary/aromatic N) is 1. The molecule has 2 N–H and O–H groups in total. The zero-order valence-corrected chi connectivity index (χ0v) is 11.1. The van der Waals surface area contributed by atoms with E-state index in [0.29, 0.717) is 5.02 Å². The molecule has 0 radical (unpaired) electrons. The standard InChI is InChI=1S/C13H19ClN2O2/c14-12-9-11(1-2-13(12)17)10-15-3-4-16-5-7-18-8-6-16/h1-2,9,15,17H,3-8,10H2. The molecule has 2 rings (SSSR count). The van der Waals surface area contributed by atoms with Gasteiger partial charge in [0.2, 0.25) is 0 Å². The number of aromatic hydroxyl groups is 1. The van der Waals surface area contributed by atoms with Gasteiger partial charge in [0, 0.05) is 32.7 Å². The van der Waals surface area contributed by atoms with Gasteiger partial charge >= 0.3 is 0 Å². The van der Waals surface area contributed by atoms with E-state index in [9.17, 15) is 5.11 Å². The van der Waals surface area contributed by atoms with E-state index in [4.69, 9.17) is 16.3 Å². The summed E-state index contributed by atoms with van der Waals surface area (Å²) in [7, 11) is 0. The first kappa shape index (κ1) is 13.6. The van der Waals surface area contributed by atoms with Gasteiger partial charge in [0.25, 0.3) is 0 Å². The normalized spacial score (nSPS) is 16.9. The van der Waals surface area contributed by atoms with Gasteiger partial charge in [-0.2, -0.15) is 0 Å².